The Bertz CT molecular complexity index is 1230. The van der Waals surface area contributed by atoms with Gasteiger partial charge in [-0.2, -0.15) is 15.5 Å². The number of rotatable bonds is 4. The molecule has 0 saturated carbocycles. The van der Waals surface area contributed by atoms with Gasteiger partial charge in [-0.15, -0.1) is 0 Å². The summed E-state index contributed by atoms with van der Waals surface area (Å²) in [6.45, 7) is 3.89. The topological polar surface area (TPSA) is 85.2 Å². The van der Waals surface area contributed by atoms with Crippen molar-refractivity contribution in [2.24, 2.45) is 7.05 Å². The molecule has 0 aliphatic rings. The molecule has 0 radical (unpaired) electrons. The van der Waals surface area contributed by atoms with Gasteiger partial charge in [-0.1, -0.05) is 0 Å². The van der Waals surface area contributed by atoms with Crippen LogP contribution < -0.4 is 0 Å². The summed E-state index contributed by atoms with van der Waals surface area (Å²) in [5.41, 5.74) is 5.02. The van der Waals surface area contributed by atoms with E-state index in [2.05, 4.69) is 26.2 Å². The third-order valence-corrected chi connectivity index (χ3v) is 4.68. The smallest absolute Gasteiger partial charge is 0.157 e. The van der Waals surface area contributed by atoms with Crippen LogP contribution in [0.5, 0.6) is 0 Å². The molecule has 0 N–H and O–H groups in total. The molecule has 144 valence electrons. The summed E-state index contributed by atoms with van der Waals surface area (Å²) >= 11 is 0. The lowest BCUT2D eigenvalue weighted by molar-refractivity contribution is 0.628. The number of hydrogen-bond acceptors (Lipinski definition) is 5. The Balaban J connectivity index is 1.72. The van der Waals surface area contributed by atoms with Gasteiger partial charge in [0.05, 0.1) is 17.1 Å². The van der Waals surface area contributed by atoms with Crippen LogP contribution in [0.3, 0.4) is 0 Å². The van der Waals surface area contributed by atoms with Gasteiger partial charge in [0.25, 0.3) is 0 Å². The number of halogens is 1. The molecule has 0 saturated heterocycles. The molecule has 1 aromatic carbocycles. The Kier molecular flexibility index (Phi) is 4.64. The minimum Gasteiger partial charge on any atom is -0.270 e. The van der Waals surface area contributed by atoms with Crippen LogP contribution in [0.4, 0.5) is 4.39 Å². The fourth-order valence-corrected chi connectivity index (χ4v) is 3.32. The first-order chi connectivity index (χ1) is 14.0. The number of benzene rings is 1. The van der Waals surface area contributed by atoms with E-state index in [-0.39, 0.29) is 5.82 Å². The minimum atomic E-state index is -0.332. The molecule has 3 aromatic heterocycles. The summed E-state index contributed by atoms with van der Waals surface area (Å²) in [5, 5.41) is 18.7. The molecule has 8 heteroatoms. The summed E-state index contributed by atoms with van der Waals surface area (Å²) < 4.78 is 16.7. The monoisotopic (exact) mass is 387 g/mol. The lowest BCUT2D eigenvalue weighted by atomic mass is 10.0. The highest BCUT2D eigenvalue weighted by atomic mass is 19.1. The van der Waals surface area contributed by atoms with Gasteiger partial charge in [-0.05, 0) is 44.2 Å². The SMILES string of the molecule is Cc1cc(C)n(-c2cc(Cc3c(C#N)c(-c4ccc(F)cc4)nn3C)ncn2)n1. The standard InChI is InChI=1S/C21H18FN7/c1-13-8-14(2)29(26-13)20-10-17(24-12-25-20)9-19-18(11-23)21(27-28(19)3)15-4-6-16(22)7-5-15/h4-8,10,12H,9H2,1-3H3. The second kappa shape index (κ2) is 7.28. The molecule has 7 nitrogen and oxygen atoms in total. The van der Waals surface area contributed by atoms with Crippen LogP contribution >= 0.6 is 0 Å². The first-order valence-electron chi connectivity index (χ1n) is 9.02. The summed E-state index contributed by atoms with van der Waals surface area (Å²) in [5.74, 6) is 0.334. The molecule has 0 fully saturated rings. The Morgan fingerprint density at radius 2 is 1.83 bits per heavy atom. The first-order valence-corrected chi connectivity index (χ1v) is 9.02. The predicted octanol–water partition coefficient (Wildman–Crippen LogP) is 3.28. The van der Waals surface area contributed by atoms with E-state index in [1.165, 1.54) is 18.5 Å². The lowest BCUT2D eigenvalue weighted by Gasteiger charge is -2.06. The van der Waals surface area contributed by atoms with Crippen LogP contribution in [-0.2, 0) is 13.5 Å². The van der Waals surface area contributed by atoms with Crippen molar-refractivity contribution >= 4 is 0 Å². The van der Waals surface area contributed by atoms with Crippen LogP contribution in [0.1, 0.15) is 28.3 Å². The summed E-state index contributed by atoms with van der Waals surface area (Å²) in [4.78, 5) is 8.67. The van der Waals surface area contributed by atoms with Crippen molar-refractivity contribution in [3.63, 3.8) is 0 Å². The zero-order valence-electron chi connectivity index (χ0n) is 16.3. The van der Waals surface area contributed by atoms with Crippen molar-refractivity contribution < 1.29 is 4.39 Å². The average Bonchev–Trinajstić information content (AvgIpc) is 3.21. The second-order valence-electron chi connectivity index (χ2n) is 6.80. The number of nitriles is 1. The van der Waals surface area contributed by atoms with E-state index in [4.69, 9.17) is 0 Å². The molecule has 0 spiro atoms. The van der Waals surface area contributed by atoms with Crippen LogP contribution in [0.25, 0.3) is 17.1 Å². The molecular formula is C21H18FN7. The molecule has 0 unspecified atom stereocenters. The molecule has 0 bridgehead atoms. The van der Waals surface area contributed by atoms with Crippen molar-refractivity contribution in [2.45, 2.75) is 20.3 Å². The molecular weight excluding hydrogens is 369 g/mol. The van der Waals surface area contributed by atoms with Gasteiger partial charge in [-0.3, -0.25) is 4.68 Å². The second-order valence-corrected chi connectivity index (χ2v) is 6.80. The quantitative estimate of drug-likeness (QED) is 0.536. The molecule has 0 aliphatic carbocycles. The molecule has 4 rings (SSSR count). The van der Waals surface area contributed by atoms with Gasteiger partial charge >= 0.3 is 0 Å². The molecule has 3 heterocycles. The van der Waals surface area contributed by atoms with E-state index >= 15 is 0 Å². The van der Waals surface area contributed by atoms with Gasteiger partial charge in [0, 0.05) is 30.8 Å². The van der Waals surface area contributed by atoms with Crippen molar-refractivity contribution in [3.05, 3.63) is 76.9 Å². The number of aryl methyl sites for hydroxylation is 3. The third kappa shape index (κ3) is 3.50. The maximum atomic E-state index is 13.3. The minimum absolute atomic E-state index is 0.332. The molecule has 0 atom stereocenters. The average molecular weight is 387 g/mol. The maximum absolute atomic E-state index is 13.3. The molecule has 29 heavy (non-hydrogen) atoms. The van der Waals surface area contributed by atoms with Crippen molar-refractivity contribution in [2.75, 3.05) is 0 Å². The van der Waals surface area contributed by atoms with Crippen molar-refractivity contribution in [1.82, 2.24) is 29.5 Å². The number of nitrogens with zero attached hydrogens (tertiary/aromatic N) is 7. The summed E-state index contributed by atoms with van der Waals surface area (Å²) in [6.07, 6.45) is 1.90. The van der Waals surface area contributed by atoms with Crippen molar-refractivity contribution in [1.29, 1.82) is 5.26 Å². The fourth-order valence-electron chi connectivity index (χ4n) is 3.32. The van der Waals surface area contributed by atoms with E-state index in [1.807, 2.05) is 26.0 Å². The van der Waals surface area contributed by atoms with E-state index in [1.54, 1.807) is 28.5 Å². The zero-order chi connectivity index (χ0) is 20.5. The van der Waals surface area contributed by atoms with Gasteiger partial charge in [0.2, 0.25) is 0 Å². The van der Waals surface area contributed by atoms with Crippen LogP contribution in [-0.4, -0.2) is 29.5 Å². The normalized spacial score (nSPS) is 10.9. The Morgan fingerprint density at radius 1 is 1.07 bits per heavy atom. The first kappa shape index (κ1) is 18.5. The molecule has 0 amide bonds. The maximum Gasteiger partial charge on any atom is 0.157 e. The van der Waals surface area contributed by atoms with E-state index < -0.39 is 0 Å². The third-order valence-electron chi connectivity index (χ3n) is 4.68. The van der Waals surface area contributed by atoms with Gasteiger partial charge < -0.3 is 0 Å². The highest BCUT2D eigenvalue weighted by molar-refractivity contribution is 5.68. The fraction of sp³-hybridized carbons (Fsp3) is 0.190. The molecule has 4 aromatic rings. The highest BCUT2D eigenvalue weighted by Gasteiger charge is 2.19. The number of aromatic nitrogens is 6. The Morgan fingerprint density at radius 3 is 2.48 bits per heavy atom. The highest BCUT2D eigenvalue weighted by Crippen LogP contribution is 2.26. The predicted molar refractivity (Wildman–Crippen MR) is 105 cm³/mol. The number of hydrogen-bond donors (Lipinski definition) is 0. The van der Waals surface area contributed by atoms with Crippen molar-refractivity contribution in [3.8, 4) is 23.1 Å². The van der Waals surface area contributed by atoms with Gasteiger partial charge in [-0.25, -0.2) is 19.0 Å². The molecule has 0 aliphatic heterocycles. The Labute approximate surface area is 167 Å². The van der Waals surface area contributed by atoms with E-state index in [0.29, 0.717) is 29.1 Å². The van der Waals surface area contributed by atoms with E-state index in [0.717, 1.165) is 22.8 Å². The van der Waals surface area contributed by atoms with Gasteiger partial charge in [0.1, 0.15) is 29.5 Å². The largest absolute Gasteiger partial charge is 0.270 e. The van der Waals surface area contributed by atoms with E-state index in [9.17, 15) is 9.65 Å². The summed E-state index contributed by atoms with van der Waals surface area (Å²) in [6, 6.07) is 12.0. The van der Waals surface area contributed by atoms with Crippen LogP contribution in [0.2, 0.25) is 0 Å². The Hall–Kier alpha value is -3.86. The van der Waals surface area contributed by atoms with Gasteiger partial charge in [0.15, 0.2) is 5.82 Å². The zero-order valence-corrected chi connectivity index (χ0v) is 16.3. The lowest BCUT2D eigenvalue weighted by Crippen LogP contribution is -2.06. The van der Waals surface area contributed by atoms with Crippen LogP contribution in [0.15, 0.2) is 42.7 Å². The summed E-state index contributed by atoms with van der Waals surface area (Å²) in [7, 11) is 1.78. The van der Waals surface area contributed by atoms with Crippen LogP contribution in [0, 0.1) is 31.0 Å².